The third-order valence-electron chi connectivity index (χ3n) is 4.67. The second-order valence-electron chi connectivity index (χ2n) is 6.50. The highest BCUT2D eigenvalue weighted by molar-refractivity contribution is 7.12. The zero-order valence-electron chi connectivity index (χ0n) is 13.4. The van der Waals surface area contributed by atoms with E-state index in [1.807, 2.05) is 18.2 Å². The van der Waals surface area contributed by atoms with Gasteiger partial charge < -0.3 is 10.2 Å². The molecule has 1 saturated carbocycles. The van der Waals surface area contributed by atoms with Crippen molar-refractivity contribution in [1.29, 1.82) is 0 Å². The highest BCUT2D eigenvalue weighted by Gasteiger charge is 2.31. The molecule has 2 aliphatic rings. The fourth-order valence-corrected chi connectivity index (χ4v) is 4.21. The first-order chi connectivity index (χ1) is 11.7. The average molecular weight is 362 g/mol. The Kier molecular flexibility index (Phi) is 4.46. The Bertz CT molecular complexity index is 750. The van der Waals surface area contributed by atoms with Crippen molar-refractivity contribution in [2.24, 2.45) is 0 Å². The first kappa shape index (κ1) is 15.9. The smallest absolute Gasteiger partial charge is 0.267 e. The van der Waals surface area contributed by atoms with Crippen LogP contribution in [0.5, 0.6) is 0 Å². The maximum absolute atomic E-state index is 12.8. The van der Waals surface area contributed by atoms with Crippen LogP contribution in [0.2, 0.25) is 5.02 Å². The van der Waals surface area contributed by atoms with Crippen LogP contribution in [0.25, 0.3) is 0 Å². The number of carbonyl (C=O) groups is 1. The van der Waals surface area contributed by atoms with E-state index in [1.165, 1.54) is 30.6 Å². The topological polar surface area (TPSA) is 45.2 Å². The minimum atomic E-state index is -0.0695. The summed E-state index contributed by atoms with van der Waals surface area (Å²) in [5, 5.41) is 3.72. The predicted molar refractivity (Wildman–Crippen MR) is 99.6 cm³/mol. The molecule has 0 atom stereocenters. The number of hydrogen-bond acceptors (Lipinski definition) is 4. The number of amides is 1. The van der Waals surface area contributed by atoms with E-state index in [1.54, 1.807) is 5.51 Å². The van der Waals surface area contributed by atoms with E-state index in [9.17, 15) is 4.79 Å². The van der Waals surface area contributed by atoms with E-state index in [0.29, 0.717) is 10.9 Å². The number of halogens is 1. The largest absolute Gasteiger partial charge is 0.370 e. The van der Waals surface area contributed by atoms with E-state index >= 15 is 0 Å². The molecule has 0 bridgehead atoms. The van der Waals surface area contributed by atoms with Crippen LogP contribution < -0.4 is 10.2 Å². The van der Waals surface area contributed by atoms with Crippen molar-refractivity contribution in [2.75, 3.05) is 23.3 Å². The van der Waals surface area contributed by atoms with Gasteiger partial charge in [-0.25, -0.2) is 4.98 Å². The normalized spacial score (nSPS) is 17.8. The maximum atomic E-state index is 12.8. The average Bonchev–Trinajstić information content (AvgIpc) is 3.32. The van der Waals surface area contributed by atoms with Gasteiger partial charge in [-0.05, 0) is 50.3 Å². The summed E-state index contributed by atoms with van der Waals surface area (Å²) in [5.41, 5.74) is 4.58. The lowest BCUT2D eigenvalue weighted by atomic mass is 10.1. The Morgan fingerprint density at radius 2 is 2.04 bits per heavy atom. The third kappa shape index (κ3) is 3.28. The van der Waals surface area contributed by atoms with Gasteiger partial charge in [-0.15, -0.1) is 11.3 Å². The summed E-state index contributed by atoms with van der Waals surface area (Å²) in [6.07, 6.45) is 5.94. The molecule has 126 valence electrons. The molecule has 1 aromatic heterocycles. The Balaban J connectivity index is 1.59. The number of hydrogen-bond donors (Lipinski definition) is 1. The predicted octanol–water partition coefficient (Wildman–Crippen LogP) is 4.92. The Morgan fingerprint density at radius 1 is 1.25 bits per heavy atom. The van der Waals surface area contributed by atoms with Crippen molar-refractivity contribution < 1.29 is 4.79 Å². The molecule has 2 aromatic rings. The molecular weight excluding hydrogens is 342 g/mol. The maximum Gasteiger partial charge on any atom is 0.267 e. The first-order valence-corrected chi connectivity index (χ1v) is 9.77. The molecule has 1 amide bonds. The minimum Gasteiger partial charge on any atom is -0.370 e. The Morgan fingerprint density at radius 3 is 2.79 bits per heavy atom. The molecule has 1 saturated heterocycles. The summed E-state index contributed by atoms with van der Waals surface area (Å²) in [7, 11) is 0. The second kappa shape index (κ2) is 6.73. The van der Waals surface area contributed by atoms with Crippen molar-refractivity contribution in [2.45, 2.75) is 38.0 Å². The molecule has 2 heterocycles. The zero-order valence-corrected chi connectivity index (χ0v) is 15.0. The van der Waals surface area contributed by atoms with Crippen LogP contribution in [-0.2, 0) is 0 Å². The number of piperidine rings is 1. The third-order valence-corrected chi connectivity index (χ3v) is 5.74. The van der Waals surface area contributed by atoms with Gasteiger partial charge in [-0.3, -0.25) is 4.79 Å². The van der Waals surface area contributed by atoms with Gasteiger partial charge in [0.2, 0.25) is 0 Å². The summed E-state index contributed by atoms with van der Waals surface area (Å²) in [6, 6.07) is 5.75. The van der Waals surface area contributed by atoms with Crippen molar-refractivity contribution >= 4 is 40.2 Å². The zero-order chi connectivity index (χ0) is 16.5. The molecule has 4 nitrogen and oxygen atoms in total. The van der Waals surface area contributed by atoms with Gasteiger partial charge in [0.05, 0.1) is 22.6 Å². The van der Waals surface area contributed by atoms with E-state index < -0.39 is 0 Å². The monoisotopic (exact) mass is 361 g/mol. The van der Waals surface area contributed by atoms with Crippen molar-refractivity contribution in [1.82, 2.24) is 4.98 Å². The number of nitrogens with one attached hydrogen (secondary N) is 1. The molecule has 1 N–H and O–H groups in total. The number of anilines is 2. The number of rotatable bonds is 4. The fraction of sp³-hybridized carbons (Fsp3) is 0.444. The number of carbonyl (C=O) groups excluding carboxylic acids is 1. The number of thiazole rings is 1. The molecule has 1 aromatic carbocycles. The lowest BCUT2D eigenvalue weighted by Crippen LogP contribution is -2.30. The number of benzene rings is 1. The molecule has 6 heteroatoms. The van der Waals surface area contributed by atoms with Crippen molar-refractivity contribution in [3.63, 3.8) is 0 Å². The number of nitrogens with zero attached hydrogens (tertiary/aromatic N) is 2. The van der Waals surface area contributed by atoms with Gasteiger partial charge in [0.15, 0.2) is 0 Å². The van der Waals surface area contributed by atoms with Gasteiger partial charge in [0.25, 0.3) is 5.91 Å². The highest BCUT2D eigenvalue weighted by atomic mass is 35.5. The summed E-state index contributed by atoms with van der Waals surface area (Å²) < 4.78 is 0. The van der Waals surface area contributed by atoms with Crippen LogP contribution >= 0.6 is 22.9 Å². The molecule has 0 spiro atoms. The Hall–Kier alpha value is -1.59. The van der Waals surface area contributed by atoms with Gasteiger partial charge in [-0.2, -0.15) is 0 Å². The van der Waals surface area contributed by atoms with Crippen LogP contribution in [-0.4, -0.2) is 24.0 Å². The quantitative estimate of drug-likeness (QED) is 0.840. The minimum absolute atomic E-state index is 0.0695. The van der Waals surface area contributed by atoms with E-state index in [-0.39, 0.29) is 5.91 Å². The molecule has 1 aliphatic heterocycles. The molecule has 0 radical (unpaired) electrons. The summed E-state index contributed by atoms with van der Waals surface area (Å²) >= 11 is 7.60. The highest BCUT2D eigenvalue weighted by Crippen LogP contribution is 2.42. The van der Waals surface area contributed by atoms with Gasteiger partial charge in [-0.1, -0.05) is 11.6 Å². The first-order valence-electron chi connectivity index (χ1n) is 8.51. The Labute approximate surface area is 150 Å². The molecule has 4 rings (SSSR count). The molecule has 1 aliphatic carbocycles. The summed E-state index contributed by atoms with van der Waals surface area (Å²) in [6.45, 7) is 2.05. The van der Waals surface area contributed by atoms with Crippen LogP contribution in [0.4, 0.5) is 11.4 Å². The molecular formula is C18H20ClN3OS. The van der Waals surface area contributed by atoms with Crippen LogP contribution in [0.3, 0.4) is 0 Å². The molecule has 0 unspecified atom stereocenters. The van der Waals surface area contributed by atoms with Crippen LogP contribution in [0.1, 0.15) is 53.4 Å². The van der Waals surface area contributed by atoms with E-state index in [0.717, 1.165) is 47.9 Å². The fourth-order valence-electron chi connectivity index (χ4n) is 3.27. The van der Waals surface area contributed by atoms with E-state index in [4.69, 9.17) is 11.6 Å². The van der Waals surface area contributed by atoms with Crippen molar-refractivity contribution in [3.05, 3.63) is 39.3 Å². The van der Waals surface area contributed by atoms with Gasteiger partial charge >= 0.3 is 0 Å². The SMILES string of the molecule is O=C(Nc1cc(Cl)ccc1N1CCCCC1)c1scnc1C1CC1. The number of aromatic nitrogens is 1. The van der Waals surface area contributed by atoms with Crippen molar-refractivity contribution in [3.8, 4) is 0 Å². The molecule has 2 fully saturated rings. The molecule has 24 heavy (non-hydrogen) atoms. The summed E-state index contributed by atoms with van der Waals surface area (Å²) in [4.78, 5) is 20.2. The standard InChI is InChI=1S/C18H20ClN3OS/c19-13-6-7-15(22-8-2-1-3-9-22)14(10-13)21-18(23)17-16(12-4-5-12)20-11-24-17/h6-7,10-12H,1-5,8-9H2,(H,21,23). The lowest BCUT2D eigenvalue weighted by Gasteiger charge is -2.30. The van der Waals surface area contributed by atoms with Gasteiger partial charge in [0.1, 0.15) is 4.88 Å². The summed E-state index contributed by atoms with van der Waals surface area (Å²) in [5.74, 6) is 0.401. The van der Waals surface area contributed by atoms with Gasteiger partial charge in [0, 0.05) is 24.0 Å². The van der Waals surface area contributed by atoms with Crippen LogP contribution in [0.15, 0.2) is 23.7 Å². The van der Waals surface area contributed by atoms with Crippen LogP contribution in [0, 0.1) is 0 Å². The lowest BCUT2D eigenvalue weighted by molar-refractivity contribution is 0.102. The second-order valence-corrected chi connectivity index (χ2v) is 7.80. The van der Waals surface area contributed by atoms with E-state index in [2.05, 4.69) is 15.2 Å².